The topological polar surface area (TPSA) is 558 Å². The van der Waals surface area contributed by atoms with Gasteiger partial charge in [0.2, 0.25) is 35.4 Å². The number of phosphoric acid groups is 2. The summed E-state index contributed by atoms with van der Waals surface area (Å²) in [6.07, 6.45) is -0.320. The molecule has 3 fully saturated rings. The molecular weight excluding hydrogens is 1570 g/mol. The maximum Gasteiger partial charge on any atom is 0.472 e. The van der Waals surface area contributed by atoms with E-state index in [2.05, 4.69) is 16.0 Å². The summed E-state index contributed by atoms with van der Waals surface area (Å²) in [7, 11) is -6.59. The van der Waals surface area contributed by atoms with E-state index < -0.39 is 171 Å². The van der Waals surface area contributed by atoms with Gasteiger partial charge in [-0.15, -0.1) is 0 Å². The van der Waals surface area contributed by atoms with Crippen molar-refractivity contribution in [3.8, 4) is 0 Å². The smallest absolute Gasteiger partial charge is 0.394 e. The molecule has 0 spiro atoms. The molecule has 116 heavy (non-hydrogen) atoms. The highest BCUT2D eigenvalue weighted by Gasteiger charge is 2.48. The van der Waals surface area contributed by atoms with Crippen molar-refractivity contribution in [2.24, 2.45) is 0 Å². The van der Waals surface area contributed by atoms with Gasteiger partial charge in [0.25, 0.3) is 0 Å². The lowest BCUT2D eigenvalue weighted by Gasteiger charge is -2.42. The maximum absolute atomic E-state index is 13.7. The minimum atomic E-state index is -4.80. The van der Waals surface area contributed by atoms with E-state index in [-0.39, 0.29) is 114 Å². The van der Waals surface area contributed by atoms with Crippen LogP contribution in [0.2, 0.25) is 0 Å². The Bertz CT molecular complexity index is 2940. The average Bonchev–Trinajstić information content (AvgIpc) is 0.818. The normalized spacial score (nSPS) is 24.5. The fourth-order valence-electron chi connectivity index (χ4n) is 13.2. The number of ketones is 3. The van der Waals surface area contributed by atoms with Gasteiger partial charge in [-0.3, -0.25) is 61.2 Å². The zero-order valence-electron chi connectivity index (χ0n) is 68.3. The predicted octanol–water partition coefficient (Wildman–Crippen LogP) is 1.31. The van der Waals surface area contributed by atoms with Gasteiger partial charge in [-0.25, -0.2) is 9.13 Å². The van der Waals surface area contributed by atoms with Crippen molar-refractivity contribution in [2.45, 2.75) is 305 Å². The molecule has 0 aliphatic carbocycles. The lowest BCUT2D eigenvalue weighted by Crippen LogP contribution is -2.64. The third-order valence-corrected chi connectivity index (χ3v) is 21.9. The zero-order valence-corrected chi connectivity index (χ0v) is 70.1. The van der Waals surface area contributed by atoms with Gasteiger partial charge < -0.3 is 120 Å². The number of likely N-dealkylation sites (N-methyl/N-ethyl adjacent to an activating group) is 1. The Labute approximate surface area is 680 Å². The van der Waals surface area contributed by atoms with E-state index in [1.807, 2.05) is 0 Å². The van der Waals surface area contributed by atoms with Crippen LogP contribution in [0.15, 0.2) is 0 Å². The van der Waals surface area contributed by atoms with E-state index in [4.69, 9.17) is 51.3 Å². The van der Waals surface area contributed by atoms with Crippen molar-refractivity contribution in [1.82, 2.24) is 30.7 Å². The Kier molecular flexibility index (Phi) is 54.6. The van der Waals surface area contributed by atoms with E-state index in [1.165, 1.54) is 49.6 Å². The van der Waals surface area contributed by atoms with Crippen LogP contribution in [0.1, 0.15) is 213 Å². The predicted molar refractivity (Wildman–Crippen MR) is 414 cm³/mol. The van der Waals surface area contributed by atoms with Crippen LogP contribution < -0.4 is 16.0 Å². The SMILES string of the molecule is COCCN(CCOP(=O)(O)OCCN(CCOP(=O)(O)OCCN(C)C(=O)CCCCCCC(=O)CCCCCOC1OC(CO)C(O)C(O)C1NC(C)=O)C(=O)CCCCCCC(=O)CCCCCOC1OC(CO)C(O)C(O)C1NC(C)=O)C(=O)CCCCCCC(=O)CCCCCOC1OC(CO)C(O)C(O)C1NC(C)=O. The first-order chi connectivity index (χ1) is 55.3. The fourth-order valence-corrected chi connectivity index (χ4v) is 14.6. The van der Waals surface area contributed by atoms with Crippen LogP contribution in [0.3, 0.4) is 0 Å². The van der Waals surface area contributed by atoms with Crippen LogP contribution in [-0.2, 0) is 104 Å². The number of nitrogens with zero attached hydrogens (tertiary/aromatic N) is 3. The number of carbonyl (C=O) groups excluding carboxylic acids is 9. The molecule has 3 aliphatic rings. The molecule has 3 rings (SSSR count). The summed E-state index contributed by atoms with van der Waals surface area (Å²) in [4.78, 5) is 138. The number of hydrogen-bond donors (Lipinski definition) is 14. The van der Waals surface area contributed by atoms with Gasteiger partial charge >= 0.3 is 15.6 Å². The minimum absolute atomic E-state index is 0.0157. The van der Waals surface area contributed by atoms with Crippen molar-refractivity contribution in [1.29, 1.82) is 0 Å². The van der Waals surface area contributed by atoms with Crippen molar-refractivity contribution in [3.63, 3.8) is 0 Å². The van der Waals surface area contributed by atoms with Crippen LogP contribution >= 0.6 is 15.6 Å². The third-order valence-electron chi connectivity index (χ3n) is 19.9. The Hall–Kier alpha value is -4.59. The monoisotopic (exact) mass is 1710 g/mol. The first-order valence-corrected chi connectivity index (χ1v) is 43.9. The number of methoxy groups -OCH3 is 1. The Morgan fingerprint density at radius 2 is 0.578 bits per heavy atom. The van der Waals surface area contributed by atoms with Crippen molar-refractivity contribution < 1.29 is 159 Å². The molecule has 17 atom stereocenters. The van der Waals surface area contributed by atoms with Gasteiger partial charge in [-0.05, 0) is 77.0 Å². The number of aliphatic hydroxyl groups is 9. The van der Waals surface area contributed by atoms with E-state index in [0.717, 1.165) is 0 Å². The molecule has 14 N–H and O–H groups in total. The highest BCUT2D eigenvalue weighted by atomic mass is 31.2. The number of amides is 6. The highest BCUT2D eigenvalue weighted by Crippen LogP contribution is 2.44. The number of Topliss-reactive ketones (excluding diaryl/α,β-unsaturated/α-hetero) is 3. The second-order valence-electron chi connectivity index (χ2n) is 29.5. The number of ether oxygens (including phenoxy) is 7. The lowest BCUT2D eigenvalue weighted by molar-refractivity contribution is -0.270. The number of nitrogens with one attached hydrogen (secondary N) is 3. The van der Waals surface area contributed by atoms with Gasteiger partial charge in [0.05, 0.1) is 52.9 Å². The van der Waals surface area contributed by atoms with Crippen LogP contribution in [0, 0.1) is 0 Å². The van der Waals surface area contributed by atoms with Crippen LogP contribution in [0.25, 0.3) is 0 Å². The van der Waals surface area contributed by atoms with Gasteiger partial charge in [0.15, 0.2) is 18.9 Å². The molecule has 674 valence electrons. The molecule has 3 heterocycles. The Morgan fingerprint density at radius 3 is 0.836 bits per heavy atom. The molecular formula is C75H136N6O33P2. The van der Waals surface area contributed by atoms with Gasteiger partial charge in [-0.1, -0.05) is 57.8 Å². The maximum atomic E-state index is 13.7. The number of carbonyl (C=O) groups is 9. The largest absolute Gasteiger partial charge is 0.472 e. The molecule has 3 aliphatic heterocycles. The van der Waals surface area contributed by atoms with E-state index >= 15 is 0 Å². The molecule has 0 aromatic heterocycles. The fraction of sp³-hybridized carbons (Fsp3) is 0.880. The van der Waals surface area contributed by atoms with Crippen LogP contribution in [0.4, 0.5) is 0 Å². The molecule has 0 aromatic rings. The molecule has 0 radical (unpaired) electrons. The summed E-state index contributed by atoms with van der Waals surface area (Å²) >= 11 is 0. The summed E-state index contributed by atoms with van der Waals surface area (Å²) in [6.45, 7) is 0.253. The van der Waals surface area contributed by atoms with Crippen molar-refractivity contribution in [2.75, 3.05) is 120 Å². The van der Waals surface area contributed by atoms with E-state index in [1.54, 1.807) is 0 Å². The van der Waals surface area contributed by atoms with Gasteiger partial charge in [-0.2, -0.15) is 0 Å². The van der Waals surface area contributed by atoms with Crippen LogP contribution in [0.5, 0.6) is 0 Å². The molecule has 17 unspecified atom stereocenters. The van der Waals surface area contributed by atoms with Crippen LogP contribution in [-0.4, -0.2) is 335 Å². The molecule has 0 saturated carbocycles. The minimum Gasteiger partial charge on any atom is -0.394 e. The average molecular weight is 1710 g/mol. The van der Waals surface area contributed by atoms with Gasteiger partial charge in [0.1, 0.15) is 90.4 Å². The van der Waals surface area contributed by atoms with Crippen molar-refractivity contribution >= 4 is 68.4 Å². The highest BCUT2D eigenvalue weighted by molar-refractivity contribution is 7.47. The van der Waals surface area contributed by atoms with E-state index in [9.17, 15) is 108 Å². The number of unbranched alkanes of at least 4 members (excludes halogenated alkanes) is 15. The summed E-state index contributed by atoms with van der Waals surface area (Å²) in [5.74, 6) is -2.14. The molecule has 39 nitrogen and oxygen atoms in total. The summed E-state index contributed by atoms with van der Waals surface area (Å²) in [5, 5.41) is 98.2. The van der Waals surface area contributed by atoms with Crippen molar-refractivity contribution in [3.05, 3.63) is 0 Å². The molecule has 0 aromatic carbocycles. The summed E-state index contributed by atoms with van der Waals surface area (Å²) in [5.41, 5.74) is 0. The second-order valence-corrected chi connectivity index (χ2v) is 32.4. The first-order valence-electron chi connectivity index (χ1n) is 40.9. The number of rotatable bonds is 67. The quantitative estimate of drug-likeness (QED) is 0.0301. The summed E-state index contributed by atoms with van der Waals surface area (Å²) < 4.78 is 86.1. The number of phosphoric ester groups is 2. The van der Waals surface area contributed by atoms with E-state index in [0.29, 0.717) is 173 Å². The molecule has 6 amide bonds. The summed E-state index contributed by atoms with van der Waals surface area (Å²) in [6, 6.07) is -3.15. The Balaban J connectivity index is 1.41. The third kappa shape index (κ3) is 43.8. The molecule has 41 heteroatoms. The lowest BCUT2D eigenvalue weighted by atomic mass is 9.97. The molecule has 0 bridgehead atoms. The standard InChI is InChI=1S/C75H136N6O33P2/c1-52(85)76-64-70(97)67(94)58(49-82)112-73(64)105-41-24-12-18-30-55(88)27-15-6-9-21-33-61(91)79(4)36-45-108-115(100,101)109-47-39-81(63(93)35-23-11-8-17-29-57(90)32-20-14-26-43-107-75-66(78-54(3)87)72(99)69(96)60(51-84)114-75)40-48-111-116(102,103)110-46-38-80(37-44-104-5)62(92)34-22-10-7-16-28-56(89)31-19-13-25-42-106-74-65(77-53(2)86)71(98)68(95)59(50-83)113-74/h58-60,64-75,82-84,94-99H,6-51H2,1-5H3,(H,76,85)(H,77,86)(H,78,87)(H,100,101)(H,102,103). The molecule has 3 saturated heterocycles. The number of hydrogen-bond acceptors (Lipinski definition) is 31. The van der Waals surface area contributed by atoms with Gasteiger partial charge in [0, 0.05) is 145 Å². The zero-order chi connectivity index (χ0) is 86.0. The first kappa shape index (κ1) is 106. The second kappa shape index (κ2) is 60.0. The number of aliphatic hydroxyl groups excluding tert-OH is 9. The Morgan fingerprint density at radius 1 is 0.336 bits per heavy atom.